The van der Waals surface area contributed by atoms with Gasteiger partial charge in [-0.05, 0) is 128 Å². The molecule has 3 aliphatic heterocycles. The van der Waals surface area contributed by atoms with Crippen LogP contribution >= 0.6 is 12.2 Å². The highest BCUT2D eigenvalue weighted by Gasteiger charge is 2.52. The Morgan fingerprint density at radius 2 is 1.77 bits per heavy atom. The maximum absolute atomic E-state index is 13.7. The van der Waals surface area contributed by atoms with Crippen molar-refractivity contribution in [3.8, 4) is 6.07 Å². The van der Waals surface area contributed by atoms with Crippen LogP contribution in [-0.2, 0) is 30.1 Å². The van der Waals surface area contributed by atoms with Gasteiger partial charge in [0.15, 0.2) is 5.11 Å². The van der Waals surface area contributed by atoms with Gasteiger partial charge >= 0.3 is 6.18 Å². The second-order valence-corrected chi connectivity index (χ2v) is 16.4. The van der Waals surface area contributed by atoms with Crippen molar-refractivity contribution < 1.29 is 37.1 Å². The van der Waals surface area contributed by atoms with E-state index in [9.17, 15) is 37.6 Å². The Bertz CT molecular complexity index is 1880. The first-order valence-electron chi connectivity index (χ1n) is 19.2. The molecule has 1 aliphatic carbocycles. The molecular weight excluding hydrogens is 748 g/mol. The fourth-order valence-corrected chi connectivity index (χ4v) is 9.35. The zero-order valence-electron chi connectivity index (χ0n) is 32.0. The van der Waals surface area contributed by atoms with Crippen LogP contribution in [0.1, 0.15) is 108 Å². The van der Waals surface area contributed by atoms with Crippen molar-refractivity contribution >= 4 is 52.3 Å². The number of amides is 4. The minimum absolute atomic E-state index is 0.00123. The molecule has 6 rings (SSSR count). The molecule has 2 N–H and O–H groups in total. The van der Waals surface area contributed by atoms with Crippen molar-refractivity contribution in [1.29, 1.82) is 5.26 Å². The fraction of sp³-hybridized carbons (Fsp3) is 0.575. The van der Waals surface area contributed by atoms with Crippen molar-refractivity contribution in [2.75, 3.05) is 23.4 Å². The van der Waals surface area contributed by atoms with E-state index in [1.54, 1.807) is 32.0 Å². The number of imide groups is 1. The van der Waals surface area contributed by atoms with Gasteiger partial charge in [0.2, 0.25) is 17.7 Å². The van der Waals surface area contributed by atoms with Crippen LogP contribution in [0.5, 0.6) is 0 Å². The summed E-state index contributed by atoms with van der Waals surface area (Å²) in [7, 11) is 0. The molecule has 4 aliphatic rings. The Hall–Kier alpha value is -4.46. The van der Waals surface area contributed by atoms with Gasteiger partial charge in [0.05, 0.1) is 59.0 Å². The number of carbonyl (C=O) groups excluding carboxylic acids is 4. The van der Waals surface area contributed by atoms with Gasteiger partial charge in [0, 0.05) is 31.2 Å². The highest BCUT2D eigenvalue weighted by molar-refractivity contribution is 7.80. The van der Waals surface area contributed by atoms with Gasteiger partial charge in [0.1, 0.15) is 5.54 Å². The van der Waals surface area contributed by atoms with Gasteiger partial charge in [-0.15, -0.1) is 0 Å². The molecule has 56 heavy (non-hydrogen) atoms. The van der Waals surface area contributed by atoms with E-state index >= 15 is 0 Å². The number of nitrogens with one attached hydrogen (secondary N) is 2. The first kappa shape index (κ1) is 41.2. The van der Waals surface area contributed by atoms with E-state index < -0.39 is 34.7 Å². The molecule has 1 aromatic heterocycles. The van der Waals surface area contributed by atoms with Crippen LogP contribution < -0.4 is 15.5 Å². The van der Waals surface area contributed by atoms with E-state index in [0.29, 0.717) is 30.3 Å². The van der Waals surface area contributed by atoms with Gasteiger partial charge in [-0.25, -0.2) is 0 Å². The summed E-state index contributed by atoms with van der Waals surface area (Å²) in [6.45, 7) is 8.53. The number of rotatable bonds is 10. The molecule has 12 nitrogen and oxygen atoms in total. The summed E-state index contributed by atoms with van der Waals surface area (Å²) in [6.07, 6.45) is 3.37. The lowest BCUT2D eigenvalue weighted by molar-refractivity contribution is -0.138. The van der Waals surface area contributed by atoms with Crippen molar-refractivity contribution in [2.45, 2.75) is 127 Å². The number of aromatic nitrogens is 1. The standard InChI is InChI=1S/C40H48F3N7O5S/c1-23-17-30(18-24(2)48(23)22-35(52)46-27-8-13-33(45-21-27)31-12-14-34(51)47-36(31)53)55-16-15-25-5-9-28(10-6-25)50-38(56)49(37(54)39(50,3)4)29-11-7-26(20-44)32(19-29)40(41,42)43/h7-8,11,13,19,21,23-25,28,30-31H,5-6,9-10,12,14-18,22H2,1-4H3,(H,46,52)(H,47,51,53)/t23-,24+,25-,28-,30?,31?. The molecule has 1 saturated carbocycles. The van der Waals surface area contributed by atoms with Gasteiger partial charge in [-0.2, -0.15) is 18.4 Å². The van der Waals surface area contributed by atoms with Crippen LogP contribution in [0, 0.1) is 17.2 Å². The second kappa shape index (κ2) is 16.6. The summed E-state index contributed by atoms with van der Waals surface area (Å²) < 4.78 is 47.6. The maximum atomic E-state index is 13.7. The maximum Gasteiger partial charge on any atom is 0.417 e. The topological polar surface area (TPSA) is 148 Å². The van der Waals surface area contributed by atoms with Crippen LogP contribution in [0.25, 0.3) is 0 Å². The molecule has 4 amide bonds. The fourth-order valence-electron chi connectivity index (χ4n) is 8.78. The number of thiocarbonyl (C=S) groups is 1. The molecule has 4 atom stereocenters. The van der Waals surface area contributed by atoms with Gasteiger partial charge in [-0.1, -0.05) is 0 Å². The highest BCUT2D eigenvalue weighted by atomic mass is 32.1. The van der Waals surface area contributed by atoms with E-state index in [2.05, 4.69) is 34.4 Å². The molecule has 3 saturated heterocycles. The average molecular weight is 796 g/mol. The number of alkyl halides is 3. The van der Waals surface area contributed by atoms with E-state index in [0.717, 1.165) is 57.1 Å². The lowest BCUT2D eigenvalue weighted by atomic mass is 9.82. The number of halogens is 3. The molecule has 16 heteroatoms. The molecule has 0 radical (unpaired) electrons. The van der Waals surface area contributed by atoms with E-state index in [-0.39, 0.29) is 65.7 Å². The molecule has 4 heterocycles. The molecule has 0 bridgehead atoms. The zero-order valence-corrected chi connectivity index (χ0v) is 32.8. The Balaban J connectivity index is 0.942. The number of pyridine rings is 1. The normalized spacial score (nSPS) is 27.2. The van der Waals surface area contributed by atoms with Crippen molar-refractivity contribution in [3.05, 3.63) is 53.3 Å². The smallest absolute Gasteiger partial charge is 0.378 e. The Morgan fingerprint density at radius 1 is 1.07 bits per heavy atom. The molecule has 300 valence electrons. The lowest BCUT2D eigenvalue weighted by Crippen LogP contribution is -2.51. The van der Waals surface area contributed by atoms with Crippen LogP contribution in [0.3, 0.4) is 0 Å². The molecule has 1 aromatic carbocycles. The molecule has 0 spiro atoms. The molecule has 4 fully saturated rings. The number of piperidine rings is 2. The van der Waals surface area contributed by atoms with E-state index in [1.165, 1.54) is 17.2 Å². The van der Waals surface area contributed by atoms with Crippen LogP contribution in [0.15, 0.2) is 36.5 Å². The molecule has 2 aromatic rings. The largest absolute Gasteiger partial charge is 0.417 e. The number of likely N-dealkylation sites (tertiary alicyclic amines) is 1. The number of benzene rings is 1. The van der Waals surface area contributed by atoms with Crippen molar-refractivity contribution in [1.82, 2.24) is 20.1 Å². The minimum Gasteiger partial charge on any atom is -0.378 e. The minimum atomic E-state index is -4.76. The predicted molar refractivity (Wildman–Crippen MR) is 205 cm³/mol. The van der Waals surface area contributed by atoms with E-state index in [1.807, 2.05) is 4.90 Å². The van der Waals surface area contributed by atoms with Crippen molar-refractivity contribution in [3.63, 3.8) is 0 Å². The van der Waals surface area contributed by atoms with Crippen LogP contribution in [-0.4, -0.2) is 86.4 Å². The van der Waals surface area contributed by atoms with Crippen molar-refractivity contribution in [2.24, 2.45) is 5.92 Å². The van der Waals surface area contributed by atoms with Gasteiger partial charge in [0.25, 0.3) is 5.91 Å². The summed E-state index contributed by atoms with van der Waals surface area (Å²) in [5, 5.41) is 14.6. The quantitative estimate of drug-likeness (QED) is 0.215. The number of ether oxygens (including phenoxy) is 1. The van der Waals surface area contributed by atoms with E-state index in [4.69, 9.17) is 17.0 Å². The second-order valence-electron chi connectivity index (χ2n) is 16.0. The summed E-state index contributed by atoms with van der Waals surface area (Å²) >= 11 is 5.75. The Morgan fingerprint density at radius 3 is 2.38 bits per heavy atom. The number of hydrogen-bond donors (Lipinski definition) is 2. The number of hydrogen-bond acceptors (Lipinski definition) is 9. The molecular formula is C40H48F3N7O5S. The first-order valence-corrected chi connectivity index (χ1v) is 19.6. The SMILES string of the molecule is C[C@@H]1CC(OCC[C@H]2CC[C@H](N3C(=S)N(c4ccc(C#N)c(C(F)(F)F)c4)C(=O)C3(C)C)CC2)C[C@H](C)N1CC(=O)Nc1ccc(C2CCC(=O)NC2=O)nc1. The molecule has 2 unspecified atom stereocenters. The summed E-state index contributed by atoms with van der Waals surface area (Å²) in [4.78, 5) is 59.9. The third-order valence-corrected chi connectivity index (χ3v) is 12.2. The number of carbonyl (C=O) groups is 4. The predicted octanol–water partition coefficient (Wildman–Crippen LogP) is 6.05. The van der Waals surface area contributed by atoms with Gasteiger partial charge in [-0.3, -0.25) is 39.3 Å². The highest BCUT2D eigenvalue weighted by Crippen LogP contribution is 2.41. The van der Waals surface area contributed by atoms with Crippen LogP contribution in [0.4, 0.5) is 24.5 Å². The average Bonchev–Trinajstić information content (AvgIpc) is 3.32. The Kier molecular flexibility index (Phi) is 12.2. The van der Waals surface area contributed by atoms with Crippen LogP contribution in [0.2, 0.25) is 0 Å². The zero-order chi connectivity index (χ0) is 40.5. The number of nitriles is 1. The monoisotopic (exact) mass is 795 g/mol. The third-order valence-electron chi connectivity index (χ3n) is 11.8. The summed E-state index contributed by atoms with van der Waals surface area (Å²) in [5.41, 5.74) is -1.57. The number of nitrogens with zero attached hydrogens (tertiary/aromatic N) is 5. The lowest BCUT2D eigenvalue weighted by Gasteiger charge is -2.42. The summed E-state index contributed by atoms with van der Waals surface area (Å²) in [5.74, 6) is -1.26. The first-order chi connectivity index (χ1) is 26.5. The third kappa shape index (κ3) is 8.74. The van der Waals surface area contributed by atoms with Gasteiger partial charge < -0.3 is 15.0 Å². The number of anilines is 2. The summed E-state index contributed by atoms with van der Waals surface area (Å²) in [6, 6.07) is 8.45. The Labute approximate surface area is 330 Å².